The first kappa shape index (κ1) is 9.58. The number of phenolic OH excluding ortho intramolecular Hbond substituents is 1. The predicted molar refractivity (Wildman–Crippen MR) is 52.4 cm³/mol. The van der Waals surface area contributed by atoms with Crippen LogP contribution in [0, 0.1) is 0 Å². The van der Waals surface area contributed by atoms with Gasteiger partial charge >= 0.3 is 0 Å². The van der Waals surface area contributed by atoms with Gasteiger partial charge in [-0.3, -0.25) is 4.79 Å². The third-order valence-corrected chi connectivity index (χ3v) is 1.96. The second-order valence-electron chi connectivity index (χ2n) is 3.12. The molecule has 4 heteroatoms. The van der Waals surface area contributed by atoms with E-state index in [9.17, 15) is 4.79 Å². The monoisotopic (exact) mass is 206 g/mol. The van der Waals surface area contributed by atoms with E-state index in [-0.39, 0.29) is 11.5 Å². The number of hydrogen-bond donors (Lipinski definition) is 1. The van der Waals surface area contributed by atoms with E-state index in [1.165, 1.54) is 18.4 Å². The fraction of sp³-hybridized carbons (Fsp3) is 0.182. The molecule has 0 fully saturated rings. The lowest BCUT2D eigenvalue weighted by Crippen LogP contribution is -2.30. The van der Waals surface area contributed by atoms with Gasteiger partial charge in [-0.05, 0) is 30.3 Å². The highest BCUT2D eigenvalue weighted by atomic mass is 16.7. The maximum atomic E-state index is 11.3. The van der Waals surface area contributed by atoms with Crippen LogP contribution in [-0.4, -0.2) is 17.2 Å². The summed E-state index contributed by atoms with van der Waals surface area (Å²) in [6, 6.07) is 6.12. The van der Waals surface area contributed by atoms with Gasteiger partial charge in [0.1, 0.15) is 11.5 Å². The molecule has 0 aliphatic carbocycles. The molecule has 78 valence electrons. The summed E-state index contributed by atoms with van der Waals surface area (Å²) in [6.07, 6.45) is 2.54. The Kier molecular flexibility index (Phi) is 2.58. The van der Waals surface area contributed by atoms with E-state index in [2.05, 4.69) is 0 Å². The summed E-state index contributed by atoms with van der Waals surface area (Å²) in [6.45, 7) is 0. The van der Waals surface area contributed by atoms with Gasteiger partial charge in [-0.25, -0.2) is 0 Å². The van der Waals surface area contributed by atoms with Crippen LogP contribution >= 0.6 is 0 Å². The van der Waals surface area contributed by atoms with E-state index in [1.807, 2.05) is 0 Å². The van der Waals surface area contributed by atoms with Gasteiger partial charge in [-0.1, -0.05) is 0 Å². The minimum atomic E-state index is -0.875. The second-order valence-corrected chi connectivity index (χ2v) is 3.12. The smallest absolute Gasteiger partial charge is 0.300 e. The number of hydrogen-bond acceptors (Lipinski definition) is 4. The summed E-state index contributed by atoms with van der Waals surface area (Å²) in [5.41, 5.74) is 0. The average molecular weight is 206 g/mol. The van der Waals surface area contributed by atoms with Gasteiger partial charge < -0.3 is 14.6 Å². The van der Waals surface area contributed by atoms with E-state index in [0.717, 1.165) is 0 Å². The lowest BCUT2D eigenvalue weighted by atomic mass is 10.2. The lowest BCUT2D eigenvalue weighted by molar-refractivity contribution is -0.143. The standard InChI is InChI=1S/C11H10O4/c12-8-3-5-9(6-4-8)15-11-10(13)2-1-7-14-11/h1,3-7,11-12H,2H2. The Hall–Kier alpha value is -1.97. The number of ketones is 1. The van der Waals surface area contributed by atoms with Gasteiger partial charge in [0.2, 0.25) is 5.78 Å². The molecule has 0 bridgehead atoms. The molecule has 1 aliphatic heterocycles. The number of carbonyl (C=O) groups excluding carboxylic acids is 1. The number of benzene rings is 1. The highest BCUT2D eigenvalue weighted by Crippen LogP contribution is 2.19. The topological polar surface area (TPSA) is 55.8 Å². The minimum absolute atomic E-state index is 0.120. The number of rotatable bonds is 2. The fourth-order valence-electron chi connectivity index (χ4n) is 1.21. The first-order valence-corrected chi connectivity index (χ1v) is 4.54. The summed E-state index contributed by atoms with van der Waals surface area (Å²) in [7, 11) is 0. The third kappa shape index (κ3) is 2.28. The molecule has 0 spiro atoms. The first-order valence-electron chi connectivity index (χ1n) is 4.54. The Labute approximate surface area is 86.7 Å². The number of carbonyl (C=O) groups is 1. The number of phenols is 1. The van der Waals surface area contributed by atoms with Gasteiger partial charge in [-0.15, -0.1) is 0 Å². The Balaban J connectivity index is 2.05. The molecular weight excluding hydrogens is 196 g/mol. The Morgan fingerprint density at radius 1 is 1.33 bits per heavy atom. The molecule has 1 atom stereocenters. The van der Waals surface area contributed by atoms with Crippen molar-refractivity contribution < 1.29 is 19.4 Å². The van der Waals surface area contributed by atoms with E-state index in [4.69, 9.17) is 14.6 Å². The van der Waals surface area contributed by atoms with Gasteiger partial charge in [0.25, 0.3) is 6.29 Å². The number of allylic oxidation sites excluding steroid dienone is 1. The molecule has 2 rings (SSSR count). The summed E-state index contributed by atoms with van der Waals surface area (Å²) in [5, 5.41) is 9.05. The first-order chi connectivity index (χ1) is 7.25. The molecule has 1 aromatic carbocycles. The normalized spacial score (nSPS) is 19.7. The van der Waals surface area contributed by atoms with Crippen LogP contribution < -0.4 is 4.74 Å². The van der Waals surface area contributed by atoms with Crippen molar-refractivity contribution in [3.8, 4) is 11.5 Å². The van der Waals surface area contributed by atoms with Crippen molar-refractivity contribution in [3.05, 3.63) is 36.6 Å². The van der Waals surface area contributed by atoms with Crippen molar-refractivity contribution in [1.29, 1.82) is 0 Å². The van der Waals surface area contributed by atoms with Crippen molar-refractivity contribution >= 4 is 5.78 Å². The van der Waals surface area contributed by atoms with Crippen LogP contribution in [0.4, 0.5) is 0 Å². The number of aromatic hydroxyl groups is 1. The summed E-state index contributed by atoms with van der Waals surface area (Å²) in [5.74, 6) is 0.519. The van der Waals surface area contributed by atoms with Gasteiger partial charge in [-0.2, -0.15) is 0 Å². The second kappa shape index (κ2) is 4.04. The highest BCUT2D eigenvalue weighted by Gasteiger charge is 2.22. The minimum Gasteiger partial charge on any atom is -0.508 e. The van der Waals surface area contributed by atoms with Crippen molar-refractivity contribution in [2.75, 3.05) is 0 Å². The van der Waals surface area contributed by atoms with E-state index < -0.39 is 6.29 Å². The molecule has 0 amide bonds. The molecule has 1 N–H and O–H groups in total. The van der Waals surface area contributed by atoms with Crippen molar-refractivity contribution in [2.45, 2.75) is 12.7 Å². The number of Topliss-reactive ketones (excluding diaryl/α,β-unsaturated/α-hetero) is 1. The van der Waals surface area contributed by atoms with Crippen LogP contribution in [0.5, 0.6) is 11.5 Å². The Morgan fingerprint density at radius 3 is 2.73 bits per heavy atom. The molecule has 15 heavy (non-hydrogen) atoms. The largest absolute Gasteiger partial charge is 0.508 e. The molecule has 0 saturated carbocycles. The van der Waals surface area contributed by atoms with Gasteiger partial charge in [0, 0.05) is 6.42 Å². The van der Waals surface area contributed by atoms with Crippen LogP contribution in [-0.2, 0) is 9.53 Å². The molecule has 1 aliphatic rings. The Morgan fingerprint density at radius 2 is 2.07 bits per heavy atom. The van der Waals surface area contributed by atoms with E-state index >= 15 is 0 Å². The fourth-order valence-corrected chi connectivity index (χ4v) is 1.21. The molecular formula is C11H10O4. The summed E-state index contributed by atoms with van der Waals surface area (Å²) < 4.78 is 10.3. The van der Waals surface area contributed by atoms with Crippen LogP contribution in [0.1, 0.15) is 6.42 Å². The molecule has 0 saturated heterocycles. The molecule has 4 nitrogen and oxygen atoms in total. The predicted octanol–water partition coefficient (Wildman–Crippen LogP) is 1.60. The molecule has 1 heterocycles. The molecule has 1 unspecified atom stereocenters. The van der Waals surface area contributed by atoms with Gasteiger partial charge in [0.05, 0.1) is 6.26 Å². The van der Waals surface area contributed by atoms with Gasteiger partial charge in [0.15, 0.2) is 0 Å². The van der Waals surface area contributed by atoms with E-state index in [1.54, 1.807) is 18.2 Å². The van der Waals surface area contributed by atoms with E-state index in [0.29, 0.717) is 12.2 Å². The maximum Gasteiger partial charge on any atom is 0.300 e. The zero-order chi connectivity index (χ0) is 10.7. The van der Waals surface area contributed by atoms with Crippen LogP contribution in [0.15, 0.2) is 36.6 Å². The third-order valence-electron chi connectivity index (χ3n) is 1.96. The molecule has 0 radical (unpaired) electrons. The maximum absolute atomic E-state index is 11.3. The number of ether oxygens (including phenoxy) is 2. The van der Waals surface area contributed by atoms with Crippen molar-refractivity contribution in [1.82, 2.24) is 0 Å². The highest BCUT2D eigenvalue weighted by molar-refractivity contribution is 5.84. The molecule has 1 aromatic rings. The quantitative estimate of drug-likeness (QED) is 0.798. The zero-order valence-corrected chi connectivity index (χ0v) is 7.92. The summed E-state index contributed by atoms with van der Waals surface area (Å²) in [4.78, 5) is 11.3. The SMILES string of the molecule is O=C1CC=COC1Oc1ccc(O)cc1. The Bertz CT molecular complexity index is 380. The lowest BCUT2D eigenvalue weighted by Gasteiger charge is -2.19. The average Bonchev–Trinajstić information content (AvgIpc) is 2.25. The van der Waals surface area contributed by atoms with Crippen molar-refractivity contribution in [2.24, 2.45) is 0 Å². The molecule has 0 aromatic heterocycles. The van der Waals surface area contributed by atoms with Crippen LogP contribution in [0.2, 0.25) is 0 Å². The van der Waals surface area contributed by atoms with Crippen LogP contribution in [0.25, 0.3) is 0 Å². The van der Waals surface area contributed by atoms with Crippen LogP contribution in [0.3, 0.4) is 0 Å². The zero-order valence-electron chi connectivity index (χ0n) is 7.92. The summed E-state index contributed by atoms with van der Waals surface area (Å²) >= 11 is 0. The van der Waals surface area contributed by atoms with Crippen molar-refractivity contribution in [3.63, 3.8) is 0 Å².